The molecule has 0 radical (unpaired) electrons. The first-order chi connectivity index (χ1) is 15.1. The highest BCUT2D eigenvalue weighted by Gasteiger charge is 2.20. The number of hydrogen-bond acceptors (Lipinski definition) is 4. The Balaban J connectivity index is 1.31. The first kappa shape index (κ1) is 21.2. The summed E-state index contributed by atoms with van der Waals surface area (Å²) in [6, 6.07) is 14.3. The lowest BCUT2D eigenvalue weighted by molar-refractivity contribution is -0.120. The van der Waals surface area contributed by atoms with Crippen LogP contribution >= 0.6 is 0 Å². The molecule has 2 aromatic carbocycles. The van der Waals surface area contributed by atoms with Crippen LogP contribution in [0.3, 0.4) is 0 Å². The Bertz CT molecular complexity index is 1030. The summed E-state index contributed by atoms with van der Waals surface area (Å²) in [7, 11) is 0. The van der Waals surface area contributed by atoms with Gasteiger partial charge in [0.15, 0.2) is 11.5 Å². The smallest absolute Gasteiger partial charge is 0.233 e. The van der Waals surface area contributed by atoms with Gasteiger partial charge in [0.1, 0.15) is 0 Å². The minimum atomic E-state index is -0.000153. The van der Waals surface area contributed by atoms with Crippen molar-refractivity contribution in [3.05, 3.63) is 59.8 Å². The normalized spacial score (nSPS) is 14.4. The maximum absolute atomic E-state index is 12.4. The molecule has 164 valence electrons. The Kier molecular flexibility index (Phi) is 6.77. The van der Waals surface area contributed by atoms with Crippen LogP contribution in [0.2, 0.25) is 0 Å². The van der Waals surface area contributed by atoms with Gasteiger partial charge in [-0.1, -0.05) is 38.1 Å². The van der Waals surface area contributed by atoms with Crippen LogP contribution in [0.5, 0.6) is 11.5 Å². The number of para-hydroxylation sites is 1. The fourth-order valence-corrected chi connectivity index (χ4v) is 4.05. The van der Waals surface area contributed by atoms with Gasteiger partial charge in [-0.25, -0.2) is 0 Å². The van der Waals surface area contributed by atoms with Gasteiger partial charge in [0.25, 0.3) is 0 Å². The van der Waals surface area contributed by atoms with Crippen molar-refractivity contribution in [1.29, 1.82) is 0 Å². The van der Waals surface area contributed by atoms with Gasteiger partial charge in [-0.05, 0) is 41.7 Å². The van der Waals surface area contributed by atoms with E-state index in [0.717, 1.165) is 35.4 Å². The van der Waals surface area contributed by atoms with E-state index in [1.807, 2.05) is 30.5 Å². The van der Waals surface area contributed by atoms with E-state index >= 15 is 0 Å². The maximum Gasteiger partial charge on any atom is 0.233 e. The Hall–Kier alpha value is -2.99. The van der Waals surface area contributed by atoms with Gasteiger partial charge in [0.2, 0.25) is 5.91 Å². The Morgan fingerprint density at radius 2 is 1.90 bits per heavy atom. The predicted octanol–water partition coefficient (Wildman–Crippen LogP) is 3.97. The number of fused-ring (bicyclic) bond motifs is 2. The van der Waals surface area contributed by atoms with Crippen LogP contribution < -0.4 is 20.1 Å². The largest absolute Gasteiger partial charge is 0.490 e. The zero-order valence-corrected chi connectivity index (χ0v) is 18.2. The van der Waals surface area contributed by atoms with Gasteiger partial charge >= 0.3 is 0 Å². The molecular weight excluding hydrogens is 390 g/mol. The lowest BCUT2D eigenvalue weighted by atomic mass is 9.95. The van der Waals surface area contributed by atoms with Crippen molar-refractivity contribution in [2.45, 2.75) is 32.7 Å². The predicted molar refractivity (Wildman–Crippen MR) is 123 cm³/mol. The molecular formula is C25H31N3O3. The highest BCUT2D eigenvalue weighted by Crippen LogP contribution is 2.34. The summed E-state index contributed by atoms with van der Waals surface area (Å²) in [5.74, 6) is 1.90. The quantitative estimate of drug-likeness (QED) is 0.514. The molecule has 0 bridgehead atoms. The maximum atomic E-state index is 12.4. The van der Waals surface area contributed by atoms with Crippen molar-refractivity contribution in [2.24, 2.45) is 5.92 Å². The number of amides is 1. The summed E-state index contributed by atoms with van der Waals surface area (Å²) >= 11 is 0. The zero-order chi connectivity index (χ0) is 21.6. The number of carbonyl (C=O) groups excluding carboxylic acids is 1. The highest BCUT2D eigenvalue weighted by atomic mass is 16.5. The van der Waals surface area contributed by atoms with Crippen LogP contribution in [0.4, 0.5) is 0 Å². The molecule has 1 atom stereocenters. The van der Waals surface area contributed by atoms with Gasteiger partial charge in [-0.3, -0.25) is 4.79 Å². The first-order valence-corrected chi connectivity index (χ1v) is 11.1. The zero-order valence-electron chi connectivity index (χ0n) is 18.2. The third kappa shape index (κ3) is 5.20. The van der Waals surface area contributed by atoms with Crippen molar-refractivity contribution in [1.82, 2.24) is 15.6 Å². The lowest BCUT2D eigenvalue weighted by Crippen LogP contribution is -2.38. The van der Waals surface area contributed by atoms with Crippen molar-refractivity contribution in [2.75, 3.05) is 26.3 Å². The molecule has 0 spiro atoms. The Morgan fingerprint density at radius 1 is 1.10 bits per heavy atom. The minimum Gasteiger partial charge on any atom is -0.490 e. The third-order valence-electron chi connectivity index (χ3n) is 5.67. The fourth-order valence-electron chi connectivity index (χ4n) is 4.05. The molecule has 6 heteroatoms. The highest BCUT2D eigenvalue weighted by molar-refractivity contribution is 5.83. The molecule has 3 aromatic rings. The number of aromatic amines is 1. The molecule has 1 aliphatic heterocycles. The molecule has 3 N–H and O–H groups in total. The summed E-state index contributed by atoms with van der Waals surface area (Å²) in [4.78, 5) is 15.7. The molecule has 6 nitrogen and oxygen atoms in total. The van der Waals surface area contributed by atoms with Gasteiger partial charge in [-0.2, -0.15) is 0 Å². The number of nitrogens with one attached hydrogen (secondary N) is 3. The molecule has 31 heavy (non-hydrogen) atoms. The van der Waals surface area contributed by atoms with Gasteiger partial charge in [-0.15, -0.1) is 0 Å². The van der Waals surface area contributed by atoms with E-state index in [1.165, 1.54) is 10.9 Å². The molecule has 2 heterocycles. The number of benzene rings is 2. The third-order valence-corrected chi connectivity index (χ3v) is 5.67. The monoisotopic (exact) mass is 421 g/mol. The molecule has 1 aromatic heterocycles. The number of ether oxygens (including phenoxy) is 2. The molecule has 0 unspecified atom stereocenters. The molecule has 0 saturated carbocycles. The summed E-state index contributed by atoms with van der Waals surface area (Å²) in [6.07, 6.45) is 3.70. The minimum absolute atomic E-state index is 0.000153. The van der Waals surface area contributed by atoms with Gasteiger partial charge in [0, 0.05) is 36.1 Å². The van der Waals surface area contributed by atoms with Crippen LogP contribution in [0.1, 0.15) is 37.4 Å². The number of hydrogen-bond donors (Lipinski definition) is 3. The lowest BCUT2D eigenvalue weighted by Gasteiger charge is -2.23. The standard InChI is InChI=1S/C25H31N3O3/c1-17(2)25(18-8-9-22-23(14-18)31-13-5-12-30-22)28-16-24(29)26-11-10-19-15-27-21-7-4-3-6-20(19)21/h3-4,6-9,14-15,17,25,27-28H,5,10-13,16H2,1-2H3,(H,26,29)/t25-/m1/s1. The number of carbonyl (C=O) groups is 1. The van der Waals surface area contributed by atoms with E-state index < -0.39 is 0 Å². The second kappa shape index (κ2) is 9.88. The van der Waals surface area contributed by atoms with E-state index in [9.17, 15) is 4.79 Å². The topological polar surface area (TPSA) is 75.4 Å². The van der Waals surface area contributed by atoms with Crippen molar-refractivity contribution >= 4 is 16.8 Å². The van der Waals surface area contributed by atoms with Crippen LogP contribution in [0.25, 0.3) is 10.9 Å². The molecule has 4 rings (SSSR count). The number of rotatable bonds is 8. The van der Waals surface area contributed by atoms with E-state index in [1.54, 1.807) is 0 Å². The summed E-state index contributed by atoms with van der Waals surface area (Å²) in [6.45, 7) is 6.51. The first-order valence-electron chi connectivity index (χ1n) is 11.1. The van der Waals surface area contributed by atoms with Crippen LogP contribution in [0.15, 0.2) is 48.7 Å². The SMILES string of the molecule is CC(C)[C@@H](NCC(=O)NCCc1c[nH]c2ccccc12)c1ccc2c(c1)OCCCO2. The number of H-pyrrole nitrogens is 1. The van der Waals surface area contributed by atoms with Crippen LogP contribution in [-0.4, -0.2) is 37.2 Å². The molecule has 0 aliphatic carbocycles. The van der Waals surface area contributed by atoms with Crippen molar-refractivity contribution in [3.63, 3.8) is 0 Å². The number of aromatic nitrogens is 1. The summed E-state index contributed by atoms with van der Waals surface area (Å²) in [5.41, 5.74) is 3.45. The average molecular weight is 422 g/mol. The van der Waals surface area contributed by atoms with Crippen LogP contribution in [0, 0.1) is 5.92 Å². The molecule has 1 aliphatic rings. The second-order valence-corrected chi connectivity index (χ2v) is 8.32. The fraction of sp³-hybridized carbons (Fsp3) is 0.400. The van der Waals surface area contributed by atoms with Crippen molar-refractivity contribution in [3.8, 4) is 11.5 Å². The molecule has 0 fully saturated rings. The summed E-state index contributed by atoms with van der Waals surface area (Å²) in [5, 5.41) is 7.66. The van der Waals surface area contributed by atoms with Gasteiger partial charge in [0.05, 0.1) is 19.8 Å². The second-order valence-electron chi connectivity index (χ2n) is 8.32. The van der Waals surface area contributed by atoms with E-state index in [4.69, 9.17) is 9.47 Å². The molecule has 0 saturated heterocycles. The van der Waals surface area contributed by atoms with E-state index in [2.05, 4.69) is 47.7 Å². The summed E-state index contributed by atoms with van der Waals surface area (Å²) < 4.78 is 11.6. The van der Waals surface area contributed by atoms with Crippen molar-refractivity contribution < 1.29 is 14.3 Å². The Labute approximate surface area is 183 Å². The average Bonchev–Trinajstić information content (AvgIpc) is 3.02. The van der Waals surface area contributed by atoms with Gasteiger partial charge < -0.3 is 25.1 Å². The Morgan fingerprint density at radius 3 is 2.74 bits per heavy atom. The van der Waals surface area contributed by atoms with Crippen LogP contribution in [-0.2, 0) is 11.2 Å². The molecule has 1 amide bonds. The van der Waals surface area contributed by atoms with E-state index in [-0.39, 0.29) is 18.5 Å². The van der Waals surface area contributed by atoms with E-state index in [0.29, 0.717) is 25.7 Å².